The van der Waals surface area contributed by atoms with Crippen molar-refractivity contribution in [1.29, 1.82) is 0 Å². The van der Waals surface area contributed by atoms with Gasteiger partial charge in [0.2, 0.25) is 0 Å². The van der Waals surface area contributed by atoms with E-state index in [1.807, 2.05) is 6.07 Å². The molecule has 0 aliphatic heterocycles. The first-order valence-corrected chi connectivity index (χ1v) is 8.03. The van der Waals surface area contributed by atoms with Crippen LogP contribution in [-0.2, 0) is 12.8 Å². The van der Waals surface area contributed by atoms with Crippen LogP contribution in [0.4, 0.5) is 0 Å². The standard InChI is InChI=1S/C17H15Cl3O/c1-21-16-9-14(18)13(8-15(16)19)17(20)12-6-10-4-2-3-5-11(10)7-12/h2-5,8-9,12,17H,6-7H2,1H3. The van der Waals surface area contributed by atoms with Crippen molar-refractivity contribution in [3.05, 3.63) is 63.1 Å². The average molecular weight is 342 g/mol. The molecule has 0 saturated carbocycles. The lowest BCUT2D eigenvalue weighted by Gasteiger charge is -2.19. The number of methoxy groups -OCH3 is 1. The largest absolute Gasteiger partial charge is 0.495 e. The number of fused-ring (bicyclic) bond motifs is 1. The van der Waals surface area contributed by atoms with E-state index in [2.05, 4.69) is 24.3 Å². The van der Waals surface area contributed by atoms with Crippen LogP contribution in [-0.4, -0.2) is 7.11 Å². The molecule has 1 atom stereocenters. The molecular formula is C17H15Cl3O. The van der Waals surface area contributed by atoms with E-state index in [1.165, 1.54) is 11.1 Å². The number of alkyl halides is 1. The van der Waals surface area contributed by atoms with Crippen LogP contribution in [0.1, 0.15) is 22.1 Å². The van der Waals surface area contributed by atoms with Gasteiger partial charge in [-0.05, 0) is 41.5 Å². The van der Waals surface area contributed by atoms with Crippen LogP contribution in [0, 0.1) is 5.92 Å². The number of ether oxygens (including phenoxy) is 1. The lowest BCUT2D eigenvalue weighted by molar-refractivity contribution is 0.414. The highest BCUT2D eigenvalue weighted by Crippen LogP contribution is 2.43. The zero-order chi connectivity index (χ0) is 15.0. The van der Waals surface area contributed by atoms with E-state index >= 15 is 0 Å². The second-order valence-corrected chi connectivity index (χ2v) is 6.63. The van der Waals surface area contributed by atoms with Crippen LogP contribution >= 0.6 is 34.8 Å². The molecule has 2 aromatic carbocycles. The van der Waals surface area contributed by atoms with Gasteiger partial charge in [0.05, 0.1) is 17.5 Å². The Morgan fingerprint density at radius 3 is 2.24 bits per heavy atom. The minimum Gasteiger partial charge on any atom is -0.495 e. The minimum atomic E-state index is -0.159. The maximum Gasteiger partial charge on any atom is 0.138 e. The molecule has 3 rings (SSSR count). The molecule has 0 spiro atoms. The number of benzene rings is 2. The topological polar surface area (TPSA) is 9.23 Å². The zero-order valence-corrected chi connectivity index (χ0v) is 13.8. The van der Waals surface area contributed by atoms with Gasteiger partial charge in [0.1, 0.15) is 5.75 Å². The predicted molar refractivity (Wildman–Crippen MR) is 88.9 cm³/mol. The Morgan fingerprint density at radius 1 is 1.05 bits per heavy atom. The van der Waals surface area contributed by atoms with Crippen molar-refractivity contribution >= 4 is 34.8 Å². The summed E-state index contributed by atoms with van der Waals surface area (Å²) in [6, 6.07) is 12.0. The molecule has 0 N–H and O–H groups in total. The van der Waals surface area contributed by atoms with Crippen molar-refractivity contribution in [2.24, 2.45) is 5.92 Å². The molecule has 2 aromatic rings. The first-order chi connectivity index (χ1) is 10.1. The van der Waals surface area contributed by atoms with Crippen molar-refractivity contribution in [1.82, 2.24) is 0 Å². The number of rotatable bonds is 3. The van der Waals surface area contributed by atoms with Gasteiger partial charge >= 0.3 is 0 Å². The van der Waals surface area contributed by atoms with E-state index in [4.69, 9.17) is 39.5 Å². The summed E-state index contributed by atoms with van der Waals surface area (Å²) in [6.45, 7) is 0. The van der Waals surface area contributed by atoms with Crippen molar-refractivity contribution < 1.29 is 4.74 Å². The summed E-state index contributed by atoms with van der Waals surface area (Å²) >= 11 is 19.2. The average Bonchev–Trinajstić information content (AvgIpc) is 2.92. The van der Waals surface area contributed by atoms with Gasteiger partial charge in [-0.2, -0.15) is 0 Å². The number of hydrogen-bond donors (Lipinski definition) is 0. The third-order valence-corrected chi connectivity index (χ3v) is 5.28. The molecule has 21 heavy (non-hydrogen) atoms. The summed E-state index contributed by atoms with van der Waals surface area (Å²) in [5.74, 6) is 0.912. The second-order valence-electron chi connectivity index (χ2n) is 5.35. The third-order valence-electron chi connectivity index (χ3n) is 4.06. The summed E-state index contributed by atoms with van der Waals surface area (Å²) < 4.78 is 5.18. The molecule has 1 aliphatic rings. The zero-order valence-electron chi connectivity index (χ0n) is 11.6. The van der Waals surface area contributed by atoms with Crippen molar-refractivity contribution in [3.8, 4) is 5.75 Å². The molecule has 0 bridgehead atoms. The smallest absolute Gasteiger partial charge is 0.138 e. The molecule has 0 radical (unpaired) electrons. The molecule has 0 amide bonds. The van der Waals surface area contributed by atoms with Crippen LogP contribution in [0.25, 0.3) is 0 Å². The molecule has 1 nitrogen and oxygen atoms in total. The van der Waals surface area contributed by atoms with E-state index in [0.717, 1.165) is 18.4 Å². The Balaban J connectivity index is 1.87. The van der Waals surface area contributed by atoms with Crippen LogP contribution in [0.2, 0.25) is 10.0 Å². The fourth-order valence-electron chi connectivity index (χ4n) is 2.97. The maximum atomic E-state index is 6.69. The molecule has 4 heteroatoms. The number of hydrogen-bond acceptors (Lipinski definition) is 1. The monoisotopic (exact) mass is 340 g/mol. The van der Waals surface area contributed by atoms with Gasteiger partial charge in [-0.25, -0.2) is 0 Å². The molecule has 0 saturated heterocycles. The Hall–Kier alpha value is -0.890. The summed E-state index contributed by atoms with van der Waals surface area (Å²) in [5.41, 5.74) is 3.63. The minimum absolute atomic E-state index is 0.159. The maximum absolute atomic E-state index is 6.69. The van der Waals surface area contributed by atoms with E-state index < -0.39 is 0 Å². The molecule has 1 unspecified atom stereocenters. The number of halogens is 3. The first-order valence-electron chi connectivity index (χ1n) is 6.84. The van der Waals surface area contributed by atoms with Gasteiger partial charge in [-0.3, -0.25) is 0 Å². The molecule has 1 aliphatic carbocycles. The van der Waals surface area contributed by atoms with E-state index in [9.17, 15) is 0 Å². The molecular weight excluding hydrogens is 327 g/mol. The van der Waals surface area contributed by atoms with Crippen LogP contribution in [0.3, 0.4) is 0 Å². The van der Waals surface area contributed by atoms with Gasteiger partial charge in [-0.15, -0.1) is 11.6 Å². The van der Waals surface area contributed by atoms with Gasteiger partial charge in [0, 0.05) is 11.1 Å². The summed E-state index contributed by atoms with van der Waals surface area (Å²) in [5, 5.41) is 0.985. The molecule has 0 heterocycles. The van der Waals surface area contributed by atoms with Gasteiger partial charge in [0.15, 0.2) is 0 Å². The first kappa shape index (κ1) is 15.0. The molecule has 110 valence electrons. The lowest BCUT2D eigenvalue weighted by Crippen LogP contribution is -2.09. The van der Waals surface area contributed by atoms with Crippen molar-refractivity contribution in [2.75, 3.05) is 7.11 Å². The van der Waals surface area contributed by atoms with Crippen molar-refractivity contribution in [3.63, 3.8) is 0 Å². The molecule has 0 fully saturated rings. The van der Waals surface area contributed by atoms with Crippen LogP contribution in [0.5, 0.6) is 5.75 Å². The van der Waals surface area contributed by atoms with Crippen LogP contribution < -0.4 is 4.74 Å². The SMILES string of the molecule is COc1cc(Cl)c(C(Cl)C2Cc3ccccc3C2)cc1Cl. The fourth-order valence-corrected chi connectivity index (χ4v) is 3.90. The van der Waals surface area contributed by atoms with E-state index in [1.54, 1.807) is 13.2 Å². The highest BCUT2D eigenvalue weighted by atomic mass is 35.5. The van der Waals surface area contributed by atoms with Gasteiger partial charge in [-0.1, -0.05) is 47.5 Å². The van der Waals surface area contributed by atoms with Gasteiger partial charge in [0.25, 0.3) is 0 Å². The third kappa shape index (κ3) is 2.88. The summed E-state index contributed by atoms with van der Waals surface area (Å²) in [4.78, 5) is 0. The quantitative estimate of drug-likeness (QED) is 0.651. The highest BCUT2D eigenvalue weighted by Gasteiger charge is 2.30. The Kier molecular flexibility index (Phi) is 4.35. The lowest BCUT2D eigenvalue weighted by atomic mass is 9.96. The Labute approximate surface area is 139 Å². The highest BCUT2D eigenvalue weighted by molar-refractivity contribution is 6.35. The van der Waals surface area contributed by atoms with Gasteiger partial charge < -0.3 is 4.74 Å². The van der Waals surface area contributed by atoms with E-state index in [0.29, 0.717) is 21.7 Å². The predicted octanol–water partition coefficient (Wildman–Crippen LogP) is 5.70. The Morgan fingerprint density at radius 2 is 1.67 bits per heavy atom. The van der Waals surface area contributed by atoms with Crippen LogP contribution in [0.15, 0.2) is 36.4 Å². The second kappa shape index (κ2) is 6.08. The Bertz CT molecular complexity index is 644. The van der Waals surface area contributed by atoms with E-state index in [-0.39, 0.29) is 5.38 Å². The van der Waals surface area contributed by atoms with Crippen molar-refractivity contribution in [2.45, 2.75) is 18.2 Å². The summed E-state index contributed by atoms with van der Waals surface area (Å²) in [7, 11) is 1.57. The fraction of sp³-hybridized carbons (Fsp3) is 0.294. The summed E-state index contributed by atoms with van der Waals surface area (Å²) in [6.07, 6.45) is 1.95. The normalized spacial score (nSPS) is 15.8. The molecule has 0 aromatic heterocycles.